The molecule has 0 aromatic heterocycles. The average molecular weight is 222 g/mol. The first-order chi connectivity index (χ1) is 7.27. The van der Waals surface area contributed by atoms with Gasteiger partial charge >= 0.3 is 0 Å². The van der Waals surface area contributed by atoms with Gasteiger partial charge in [0.05, 0.1) is 12.7 Å². The number of aryl methyl sites for hydroxylation is 1. The zero-order chi connectivity index (χ0) is 12.5. The third kappa shape index (κ3) is 2.56. The van der Waals surface area contributed by atoms with Crippen LogP contribution in [0, 0.1) is 6.92 Å². The van der Waals surface area contributed by atoms with E-state index in [4.69, 9.17) is 4.74 Å². The fourth-order valence-electron chi connectivity index (χ4n) is 1.99. The lowest BCUT2D eigenvalue weighted by Crippen LogP contribution is -2.18. The van der Waals surface area contributed by atoms with Gasteiger partial charge in [-0.25, -0.2) is 0 Å². The molecule has 1 rings (SSSR count). The summed E-state index contributed by atoms with van der Waals surface area (Å²) >= 11 is 0. The molecule has 0 unspecified atom stereocenters. The average Bonchev–Trinajstić information content (AvgIpc) is 2.14. The highest BCUT2D eigenvalue weighted by atomic mass is 16.5. The quantitative estimate of drug-likeness (QED) is 0.849. The second-order valence-corrected chi connectivity index (χ2v) is 5.12. The Kier molecular flexibility index (Phi) is 3.64. The van der Waals surface area contributed by atoms with E-state index >= 15 is 0 Å². The first-order valence-corrected chi connectivity index (χ1v) is 5.68. The molecule has 0 atom stereocenters. The van der Waals surface area contributed by atoms with Crippen LogP contribution in [0.25, 0.3) is 0 Å². The van der Waals surface area contributed by atoms with Gasteiger partial charge in [0, 0.05) is 0 Å². The maximum Gasteiger partial charge on any atom is 0.122 e. The van der Waals surface area contributed by atoms with Gasteiger partial charge in [0.1, 0.15) is 5.75 Å². The molecule has 0 bridgehead atoms. The molecular weight excluding hydrogens is 200 g/mol. The van der Waals surface area contributed by atoms with Crippen molar-refractivity contribution in [1.82, 2.24) is 0 Å². The normalized spacial score (nSPS) is 12.0. The van der Waals surface area contributed by atoms with Crippen LogP contribution in [0.4, 0.5) is 0 Å². The van der Waals surface area contributed by atoms with Crippen molar-refractivity contribution in [2.75, 3.05) is 7.11 Å². The minimum absolute atomic E-state index is 0.386. The number of rotatable bonds is 3. The lowest BCUT2D eigenvalue weighted by molar-refractivity contribution is 0.0777. The van der Waals surface area contributed by atoms with Gasteiger partial charge < -0.3 is 9.84 Å². The van der Waals surface area contributed by atoms with Crippen molar-refractivity contribution < 1.29 is 9.84 Å². The zero-order valence-electron chi connectivity index (χ0n) is 11.1. The zero-order valence-corrected chi connectivity index (χ0v) is 11.1. The Labute approximate surface area is 98.3 Å². The lowest BCUT2D eigenvalue weighted by atomic mass is 9.89. The van der Waals surface area contributed by atoms with E-state index in [0.29, 0.717) is 5.92 Å². The molecule has 16 heavy (non-hydrogen) atoms. The van der Waals surface area contributed by atoms with E-state index in [9.17, 15) is 5.11 Å². The van der Waals surface area contributed by atoms with Crippen molar-refractivity contribution in [2.45, 2.75) is 46.1 Å². The Morgan fingerprint density at radius 1 is 1.25 bits per heavy atom. The number of hydrogen-bond acceptors (Lipinski definition) is 2. The molecule has 0 radical (unpaired) electrons. The van der Waals surface area contributed by atoms with Crippen LogP contribution >= 0.6 is 0 Å². The van der Waals surface area contributed by atoms with Crippen molar-refractivity contribution in [1.29, 1.82) is 0 Å². The molecule has 0 aliphatic carbocycles. The number of hydrogen-bond donors (Lipinski definition) is 1. The fraction of sp³-hybridized carbons (Fsp3) is 0.571. The topological polar surface area (TPSA) is 29.5 Å². The largest absolute Gasteiger partial charge is 0.496 e. The SMILES string of the molecule is COc1cc(C)c(C(C)(C)O)cc1C(C)C. The predicted octanol–water partition coefficient (Wildman–Crippen LogP) is 3.35. The molecule has 0 amide bonds. The smallest absolute Gasteiger partial charge is 0.122 e. The molecule has 90 valence electrons. The summed E-state index contributed by atoms with van der Waals surface area (Å²) in [5.74, 6) is 1.29. The minimum Gasteiger partial charge on any atom is -0.496 e. The van der Waals surface area contributed by atoms with Gasteiger partial charge in [-0.1, -0.05) is 13.8 Å². The summed E-state index contributed by atoms with van der Waals surface area (Å²) in [5, 5.41) is 10.1. The van der Waals surface area contributed by atoms with Gasteiger partial charge in [-0.2, -0.15) is 0 Å². The predicted molar refractivity (Wildman–Crippen MR) is 67.1 cm³/mol. The van der Waals surface area contributed by atoms with Gasteiger partial charge in [0.25, 0.3) is 0 Å². The van der Waals surface area contributed by atoms with E-state index in [2.05, 4.69) is 19.9 Å². The Hall–Kier alpha value is -1.02. The highest BCUT2D eigenvalue weighted by Crippen LogP contribution is 2.33. The van der Waals surface area contributed by atoms with Crippen LogP contribution in [0.1, 0.15) is 50.3 Å². The van der Waals surface area contributed by atoms with Gasteiger partial charge in [0.2, 0.25) is 0 Å². The molecular formula is C14H22O2. The molecule has 1 aromatic carbocycles. The maximum absolute atomic E-state index is 10.1. The molecule has 0 heterocycles. The van der Waals surface area contributed by atoms with E-state index in [1.54, 1.807) is 7.11 Å². The lowest BCUT2D eigenvalue weighted by Gasteiger charge is -2.23. The number of ether oxygens (including phenoxy) is 1. The summed E-state index contributed by atoms with van der Waals surface area (Å²) in [6.45, 7) is 9.88. The first kappa shape index (κ1) is 13.0. The highest BCUT2D eigenvalue weighted by Gasteiger charge is 2.21. The Morgan fingerprint density at radius 2 is 1.81 bits per heavy atom. The molecule has 2 heteroatoms. The summed E-state index contributed by atoms with van der Waals surface area (Å²) in [6, 6.07) is 4.06. The molecule has 0 spiro atoms. The van der Waals surface area contributed by atoms with E-state index < -0.39 is 5.60 Å². The van der Waals surface area contributed by atoms with Gasteiger partial charge in [-0.3, -0.25) is 0 Å². The second kappa shape index (κ2) is 4.46. The molecule has 0 saturated carbocycles. The third-order valence-corrected chi connectivity index (χ3v) is 2.86. The van der Waals surface area contributed by atoms with Crippen molar-refractivity contribution in [3.63, 3.8) is 0 Å². The Bertz CT molecular complexity index is 373. The van der Waals surface area contributed by atoms with Crippen LogP contribution in [0.15, 0.2) is 12.1 Å². The van der Waals surface area contributed by atoms with Crippen molar-refractivity contribution in [2.24, 2.45) is 0 Å². The van der Waals surface area contributed by atoms with E-state index in [-0.39, 0.29) is 0 Å². The van der Waals surface area contributed by atoms with Gasteiger partial charge in [0.15, 0.2) is 0 Å². The van der Waals surface area contributed by atoms with E-state index in [1.165, 1.54) is 0 Å². The van der Waals surface area contributed by atoms with Gasteiger partial charge in [-0.05, 0) is 55.5 Å². The first-order valence-electron chi connectivity index (χ1n) is 5.68. The monoisotopic (exact) mass is 222 g/mol. The van der Waals surface area contributed by atoms with Crippen LogP contribution in [0.3, 0.4) is 0 Å². The molecule has 0 aliphatic heterocycles. The maximum atomic E-state index is 10.1. The van der Waals surface area contributed by atoms with Crippen molar-refractivity contribution in [3.8, 4) is 5.75 Å². The van der Waals surface area contributed by atoms with Crippen LogP contribution in [-0.2, 0) is 5.60 Å². The summed E-state index contributed by atoms with van der Waals surface area (Å²) in [6.07, 6.45) is 0. The molecule has 0 aliphatic rings. The fourth-order valence-corrected chi connectivity index (χ4v) is 1.99. The van der Waals surface area contributed by atoms with Crippen LogP contribution in [0.5, 0.6) is 5.75 Å². The number of benzene rings is 1. The summed E-state index contributed by atoms with van der Waals surface area (Å²) in [7, 11) is 1.68. The van der Waals surface area contributed by atoms with E-state index in [0.717, 1.165) is 22.4 Å². The second-order valence-electron chi connectivity index (χ2n) is 5.12. The third-order valence-electron chi connectivity index (χ3n) is 2.86. The van der Waals surface area contributed by atoms with Crippen LogP contribution < -0.4 is 4.74 Å². The van der Waals surface area contributed by atoms with Crippen molar-refractivity contribution >= 4 is 0 Å². The number of aliphatic hydroxyl groups is 1. The number of methoxy groups -OCH3 is 1. The summed E-state index contributed by atoms with van der Waals surface area (Å²) in [4.78, 5) is 0. The Morgan fingerprint density at radius 3 is 2.19 bits per heavy atom. The Balaban J connectivity index is 3.39. The molecule has 0 saturated heterocycles. The van der Waals surface area contributed by atoms with E-state index in [1.807, 2.05) is 26.8 Å². The highest BCUT2D eigenvalue weighted by molar-refractivity contribution is 5.45. The molecule has 2 nitrogen and oxygen atoms in total. The van der Waals surface area contributed by atoms with Crippen molar-refractivity contribution in [3.05, 3.63) is 28.8 Å². The molecule has 1 aromatic rings. The van der Waals surface area contributed by atoms with Crippen LogP contribution in [-0.4, -0.2) is 12.2 Å². The van der Waals surface area contributed by atoms with Crippen LogP contribution in [0.2, 0.25) is 0 Å². The standard InChI is InChI=1S/C14H22O2/c1-9(2)11-8-12(14(4,5)15)10(3)7-13(11)16-6/h7-9,15H,1-6H3. The minimum atomic E-state index is -0.806. The molecule has 1 N–H and O–H groups in total. The molecule has 0 fully saturated rings. The summed E-state index contributed by atoms with van der Waals surface area (Å²) < 4.78 is 5.37. The summed E-state index contributed by atoms with van der Waals surface area (Å²) in [5.41, 5.74) is 2.37. The van der Waals surface area contributed by atoms with Gasteiger partial charge in [-0.15, -0.1) is 0 Å².